The molecule has 3 heteroatoms. The van der Waals surface area contributed by atoms with Gasteiger partial charge >= 0.3 is 0 Å². The van der Waals surface area contributed by atoms with Crippen molar-refractivity contribution in [2.75, 3.05) is 13.6 Å². The zero-order valence-corrected chi connectivity index (χ0v) is 5.81. The fourth-order valence-electron chi connectivity index (χ4n) is 0.601. The molecule has 0 heterocycles. The Hall–Kier alpha value is -0.570. The molecule has 0 saturated heterocycles. The first-order valence-corrected chi connectivity index (χ1v) is 3.20. The predicted molar refractivity (Wildman–Crippen MR) is 41.2 cm³/mol. The second-order valence-electron chi connectivity index (χ2n) is 2.03. The van der Waals surface area contributed by atoms with Crippen LogP contribution in [0.3, 0.4) is 0 Å². The average Bonchev–Trinajstić information content (AvgIpc) is 1.80. The molecule has 0 unspecified atom stereocenters. The molecule has 0 aromatic heterocycles. The Kier molecular flexibility index (Phi) is 5.21. The Morgan fingerprint density at radius 3 is 2.78 bits per heavy atom. The zero-order chi connectivity index (χ0) is 7.11. The van der Waals surface area contributed by atoms with E-state index < -0.39 is 0 Å². The maximum atomic E-state index is 10.2. The summed E-state index contributed by atoms with van der Waals surface area (Å²) in [4.78, 5) is 10.2. The molecule has 0 rings (SSSR count). The summed E-state index contributed by atoms with van der Waals surface area (Å²) in [5.41, 5.74) is 4.92. The van der Waals surface area contributed by atoms with Crippen molar-refractivity contribution in [1.82, 2.24) is 5.32 Å². The van der Waals surface area contributed by atoms with Crippen molar-refractivity contribution in [1.29, 1.82) is 0 Å². The van der Waals surface area contributed by atoms with Crippen molar-refractivity contribution < 1.29 is 7.65 Å². The van der Waals surface area contributed by atoms with E-state index in [0.29, 0.717) is 6.42 Å². The van der Waals surface area contributed by atoms with Crippen molar-refractivity contribution in [2.45, 2.75) is 19.3 Å². The van der Waals surface area contributed by atoms with Gasteiger partial charge in [-0.1, -0.05) is 0 Å². The highest BCUT2D eigenvalue weighted by Gasteiger charge is 1.91. The molecule has 0 aliphatic heterocycles. The lowest BCUT2D eigenvalue weighted by molar-refractivity contribution is -0.118. The number of rotatable bonds is 5. The van der Waals surface area contributed by atoms with E-state index in [-0.39, 0.29) is 8.76 Å². The van der Waals surface area contributed by atoms with Crippen LogP contribution in [0.4, 0.5) is 0 Å². The minimum Gasteiger partial charge on any atom is -0.370 e. The van der Waals surface area contributed by atoms with Crippen molar-refractivity contribution >= 4 is 5.91 Å². The fourth-order valence-corrected chi connectivity index (χ4v) is 0.601. The summed E-state index contributed by atoms with van der Waals surface area (Å²) >= 11 is 0. The van der Waals surface area contributed by atoms with E-state index in [2.05, 4.69) is 5.32 Å². The lowest BCUT2D eigenvalue weighted by Crippen LogP contribution is -2.12. The largest absolute Gasteiger partial charge is 0.370 e. The van der Waals surface area contributed by atoms with Crippen LogP contribution in [-0.2, 0) is 4.79 Å². The van der Waals surface area contributed by atoms with Crippen molar-refractivity contribution in [3.63, 3.8) is 0 Å². The van der Waals surface area contributed by atoms with Crippen LogP contribution in [0, 0.1) is 0 Å². The first-order valence-electron chi connectivity index (χ1n) is 3.20. The number of primary amides is 1. The Morgan fingerprint density at radius 1 is 1.67 bits per heavy atom. The smallest absolute Gasteiger partial charge is 0.217 e. The van der Waals surface area contributed by atoms with Gasteiger partial charge < -0.3 is 11.1 Å². The second-order valence-corrected chi connectivity index (χ2v) is 2.03. The Bertz CT molecular complexity index is 90.7. The number of nitrogens with two attached hydrogens (primary N) is 1. The van der Waals surface area contributed by atoms with Gasteiger partial charge in [-0.3, -0.25) is 4.79 Å². The third-order valence-corrected chi connectivity index (χ3v) is 1.10. The molecular formula is C6H18N2O. The number of carbonyl (C=O) groups excluding carboxylic acids is 1. The van der Waals surface area contributed by atoms with Gasteiger partial charge in [0.15, 0.2) is 0 Å². The lowest BCUT2D eigenvalue weighted by atomic mass is 10.2. The van der Waals surface area contributed by atoms with Gasteiger partial charge in [-0.15, -0.1) is 0 Å². The van der Waals surface area contributed by atoms with Crippen molar-refractivity contribution in [2.24, 2.45) is 5.73 Å². The van der Waals surface area contributed by atoms with Gasteiger partial charge in [-0.05, 0) is 26.4 Å². The van der Waals surface area contributed by atoms with E-state index in [1.807, 2.05) is 7.05 Å². The van der Waals surface area contributed by atoms with E-state index in [1.54, 1.807) is 0 Å². The SMILES string of the molecule is CNCCCCC(N)=O.[HH].[HH]. The number of nitrogens with one attached hydrogen (secondary N) is 1. The maximum Gasteiger partial charge on any atom is 0.217 e. The Morgan fingerprint density at radius 2 is 2.33 bits per heavy atom. The quantitative estimate of drug-likeness (QED) is 0.533. The van der Waals surface area contributed by atoms with E-state index in [4.69, 9.17) is 5.73 Å². The molecule has 1 amide bonds. The summed E-state index contributed by atoms with van der Waals surface area (Å²) in [5, 5.41) is 2.99. The molecule has 0 bridgehead atoms. The summed E-state index contributed by atoms with van der Waals surface area (Å²) in [6, 6.07) is 0. The summed E-state index contributed by atoms with van der Waals surface area (Å²) < 4.78 is 0. The number of amides is 1. The first-order chi connectivity index (χ1) is 4.27. The second kappa shape index (κ2) is 5.56. The molecule has 0 aromatic rings. The highest BCUT2D eigenvalue weighted by atomic mass is 16.1. The number of hydrogen-bond donors (Lipinski definition) is 2. The third-order valence-electron chi connectivity index (χ3n) is 1.10. The molecule has 0 fully saturated rings. The average molecular weight is 134 g/mol. The summed E-state index contributed by atoms with van der Waals surface area (Å²) in [6.07, 6.45) is 2.44. The molecule has 0 spiro atoms. The molecule has 0 aliphatic carbocycles. The van der Waals surface area contributed by atoms with E-state index in [0.717, 1.165) is 19.4 Å². The fraction of sp³-hybridized carbons (Fsp3) is 0.833. The van der Waals surface area contributed by atoms with Crippen LogP contribution in [0.1, 0.15) is 22.1 Å². The monoisotopic (exact) mass is 134 g/mol. The molecule has 0 aromatic carbocycles. The zero-order valence-electron chi connectivity index (χ0n) is 5.81. The molecule has 0 atom stereocenters. The van der Waals surface area contributed by atoms with Crippen LogP contribution in [0.25, 0.3) is 0 Å². The topological polar surface area (TPSA) is 55.1 Å². The highest BCUT2D eigenvalue weighted by Crippen LogP contribution is 1.90. The van der Waals surface area contributed by atoms with Gasteiger partial charge in [0.2, 0.25) is 5.91 Å². The van der Waals surface area contributed by atoms with Crippen LogP contribution < -0.4 is 11.1 Å². The van der Waals surface area contributed by atoms with Crippen LogP contribution in [0.5, 0.6) is 0 Å². The van der Waals surface area contributed by atoms with Gasteiger partial charge in [-0.25, -0.2) is 0 Å². The molecule has 58 valence electrons. The van der Waals surface area contributed by atoms with Crippen LogP contribution in [0.15, 0.2) is 0 Å². The van der Waals surface area contributed by atoms with Crippen molar-refractivity contribution in [3.8, 4) is 0 Å². The van der Waals surface area contributed by atoms with E-state index >= 15 is 0 Å². The van der Waals surface area contributed by atoms with Crippen molar-refractivity contribution in [3.05, 3.63) is 0 Å². The number of carbonyl (C=O) groups is 1. The molecule has 9 heavy (non-hydrogen) atoms. The first kappa shape index (κ1) is 8.43. The summed E-state index contributed by atoms with van der Waals surface area (Å²) in [7, 11) is 1.89. The molecule has 3 N–H and O–H groups in total. The summed E-state index contributed by atoms with van der Waals surface area (Å²) in [5.74, 6) is -0.203. The van der Waals surface area contributed by atoms with Crippen LogP contribution in [-0.4, -0.2) is 19.5 Å². The van der Waals surface area contributed by atoms with Gasteiger partial charge in [0.1, 0.15) is 0 Å². The standard InChI is InChI=1S/C6H14N2O.2H2/c1-8-5-3-2-4-6(7)9;;/h8H,2-5H2,1H3,(H2,7,9);2*1H. The number of hydrogen-bond acceptors (Lipinski definition) is 2. The molecular weight excluding hydrogens is 116 g/mol. The minimum absolute atomic E-state index is 0. The normalized spacial score (nSPS) is 9.44. The van der Waals surface area contributed by atoms with Gasteiger partial charge in [0.05, 0.1) is 0 Å². The third kappa shape index (κ3) is 7.43. The predicted octanol–water partition coefficient (Wildman–Crippen LogP) is 0.353. The van der Waals surface area contributed by atoms with Crippen LogP contribution in [0.2, 0.25) is 0 Å². The highest BCUT2D eigenvalue weighted by molar-refractivity contribution is 5.73. The summed E-state index contributed by atoms with van der Waals surface area (Å²) in [6.45, 7) is 0.966. The molecule has 3 nitrogen and oxygen atoms in total. The molecule has 0 aliphatic rings. The Labute approximate surface area is 58.6 Å². The Balaban J connectivity index is -0.000000320. The number of unbranched alkanes of at least 4 members (excludes halogenated alkanes) is 1. The molecule has 0 saturated carbocycles. The van der Waals surface area contributed by atoms with E-state index in [9.17, 15) is 4.79 Å². The van der Waals surface area contributed by atoms with E-state index in [1.165, 1.54) is 0 Å². The lowest BCUT2D eigenvalue weighted by Gasteiger charge is -1.95. The van der Waals surface area contributed by atoms with Gasteiger partial charge in [0, 0.05) is 9.27 Å². The van der Waals surface area contributed by atoms with Gasteiger partial charge in [0.25, 0.3) is 0 Å². The molecule has 0 radical (unpaired) electrons. The minimum atomic E-state index is -0.203. The van der Waals surface area contributed by atoms with Crippen LogP contribution >= 0.6 is 0 Å². The maximum absolute atomic E-state index is 10.2. The van der Waals surface area contributed by atoms with Gasteiger partial charge in [-0.2, -0.15) is 0 Å².